The molecular formula is C12H8F2O4S2. The number of halogens is 2. The average molecular weight is 318 g/mol. The summed E-state index contributed by atoms with van der Waals surface area (Å²) in [7, 11) is -4.09. The number of rotatable bonds is 4. The van der Waals surface area contributed by atoms with Gasteiger partial charge in [-0.1, -0.05) is 0 Å². The first-order chi connectivity index (χ1) is 9.33. The number of carbonyl (C=O) groups is 1. The molecule has 0 amide bonds. The minimum absolute atomic E-state index is 0.454. The maximum atomic E-state index is 13.9. The largest absolute Gasteiger partial charge is 0.477 e. The smallest absolute Gasteiger partial charge is 0.341 e. The van der Waals surface area contributed by atoms with Crippen molar-refractivity contribution >= 4 is 27.1 Å². The van der Waals surface area contributed by atoms with Crippen LogP contribution in [-0.2, 0) is 15.6 Å². The van der Waals surface area contributed by atoms with Gasteiger partial charge in [0.15, 0.2) is 15.7 Å². The summed E-state index contributed by atoms with van der Waals surface area (Å²) in [6, 6.07) is 2.92. The minimum atomic E-state index is -4.09. The number of aromatic carboxylic acids is 1. The highest BCUT2D eigenvalue weighted by Gasteiger charge is 2.27. The van der Waals surface area contributed by atoms with Crippen LogP contribution in [0.2, 0.25) is 0 Å². The lowest BCUT2D eigenvalue weighted by Crippen LogP contribution is -2.12. The summed E-state index contributed by atoms with van der Waals surface area (Å²) in [4.78, 5) is 9.95. The van der Waals surface area contributed by atoms with Gasteiger partial charge in [0, 0.05) is 0 Å². The number of carboxylic acids is 1. The molecule has 0 saturated carbocycles. The van der Waals surface area contributed by atoms with Gasteiger partial charge >= 0.3 is 5.97 Å². The molecule has 0 aliphatic heterocycles. The van der Waals surface area contributed by atoms with E-state index >= 15 is 0 Å². The van der Waals surface area contributed by atoms with Crippen molar-refractivity contribution < 1.29 is 27.1 Å². The normalized spacial score (nSPS) is 11.5. The zero-order valence-corrected chi connectivity index (χ0v) is 11.5. The van der Waals surface area contributed by atoms with Crippen molar-refractivity contribution in [1.82, 2.24) is 0 Å². The van der Waals surface area contributed by atoms with Crippen LogP contribution in [0.1, 0.15) is 15.9 Å². The Kier molecular flexibility index (Phi) is 3.87. The Morgan fingerprint density at radius 3 is 2.50 bits per heavy atom. The summed E-state index contributed by atoms with van der Waals surface area (Å²) in [5.41, 5.74) is -0.813. The minimum Gasteiger partial charge on any atom is -0.477 e. The van der Waals surface area contributed by atoms with Crippen LogP contribution in [0, 0.1) is 11.6 Å². The summed E-state index contributed by atoms with van der Waals surface area (Å²) in [6.45, 7) is 0. The van der Waals surface area contributed by atoms with Gasteiger partial charge in [-0.05, 0) is 34.5 Å². The standard InChI is InChI=1S/C12H8F2O4S2/c13-8-1-2-9(11(14)10(8)12(15)16)20(17,18)6-7-3-4-19-5-7/h1-5H,6H2,(H,15,16). The van der Waals surface area contributed by atoms with E-state index in [0.29, 0.717) is 11.6 Å². The van der Waals surface area contributed by atoms with Gasteiger partial charge in [0.1, 0.15) is 16.3 Å². The van der Waals surface area contributed by atoms with Crippen molar-refractivity contribution in [3.8, 4) is 0 Å². The van der Waals surface area contributed by atoms with Gasteiger partial charge in [-0.15, -0.1) is 0 Å². The molecule has 0 radical (unpaired) electrons. The molecule has 4 nitrogen and oxygen atoms in total. The molecule has 0 saturated heterocycles. The fourth-order valence-electron chi connectivity index (χ4n) is 1.64. The molecule has 2 rings (SSSR count). The van der Waals surface area contributed by atoms with E-state index in [0.717, 1.165) is 6.07 Å². The Bertz CT molecular complexity index is 752. The Morgan fingerprint density at radius 1 is 1.25 bits per heavy atom. The van der Waals surface area contributed by atoms with Crippen LogP contribution in [0.25, 0.3) is 0 Å². The van der Waals surface area contributed by atoms with Crippen LogP contribution < -0.4 is 0 Å². The molecule has 0 aliphatic rings. The third-order valence-corrected chi connectivity index (χ3v) is 4.97. The third-order valence-electron chi connectivity index (χ3n) is 2.54. The van der Waals surface area contributed by atoms with E-state index < -0.39 is 43.7 Å². The Morgan fingerprint density at radius 2 is 1.95 bits per heavy atom. The van der Waals surface area contributed by atoms with E-state index in [2.05, 4.69) is 0 Å². The van der Waals surface area contributed by atoms with Crippen LogP contribution >= 0.6 is 11.3 Å². The van der Waals surface area contributed by atoms with Gasteiger partial charge in [0.25, 0.3) is 0 Å². The number of benzene rings is 1. The van der Waals surface area contributed by atoms with Crippen molar-refractivity contribution in [3.63, 3.8) is 0 Å². The molecule has 0 unspecified atom stereocenters. The molecule has 1 heterocycles. The Labute approximate surface area is 117 Å². The van der Waals surface area contributed by atoms with Crippen molar-refractivity contribution in [2.45, 2.75) is 10.6 Å². The lowest BCUT2D eigenvalue weighted by atomic mass is 10.2. The summed E-state index contributed by atoms with van der Waals surface area (Å²) >= 11 is 1.28. The first-order valence-electron chi connectivity index (χ1n) is 5.28. The molecule has 20 heavy (non-hydrogen) atoms. The molecule has 1 aromatic heterocycles. The highest BCUT2D eigenvalue weighted by Crippen LogP contribution is 2.24. The molecular weight excluding hydrogens is 310 g/mol. The van der Waals surface area contributed by atoms with Gasteiger partial charge in [-0.25, -0.2) is 22.0 Å². The van der Waals surface area contributed by atoms with Crippen LogP contribution in [-0.4, -0.2) is 19.5 Å². The fourth-order valence-corrected chi connectivity index (χ4v) is 3.84. The van der Waals surface area contributed by atoms with E-state index in [-0.39, 0.29) is 0 Å². The number of hydrogen-bond acceptors (Lipinski definition) is 4. The zero-order chi connectivity index (χ0) is 14.9. The van der Waals surface area contributed by atoms with E-state index in [1.807, 2.05) is 0 Å². The second-order valence-electron chi connectivity index (χ2n) is 3.93. The molecule has 106 valence electrons. The number of carboxylic acid groups (broad SMARTS) is 1. The van der Waals surface area contributed by atoms with E-state index in [9.17, 15) is 22.0 Å². The molecule has 1 aromatic carbocycles. The van der Waals surface area contributed by atoms with E-state index in [4.69, 9.17) is 5.11 Å². The quantitative estimate of drug-likeness (QED) is 0.880. The van der Waals surface area contributed by atoms with E-state index in [1.165, 1.54) is 11.3 Å². The third kappa shape index (κ3) is 2.70. The summed E-state index contributed by atoms with van der Waals surface area (Å²) in [5.74, 6) is -5.22. The molecule has 2 aromatic rings. The summed E-state index contributed by atoms with van der Waals surface area (Å²) in [5, 5.41) is 12.0. The predicted molar refractivity (Wildman–Crippen MR) is 68.5 cm³/mol. The molecule has 0 aliphatic carbocycles. The summed E-state index contributed by atoms with van der Waals surface area (Å²) < 4.78 is 51.3. The SMILES string of the molecule is O=C(O)c1c(F)ccc(S(=O)(=O)Cc2ccsc2)c1F. The molecule has 0 atom stereocenters. The van der Waals surface area contributed by atoms with E-state index in [1.54, 1.807) is 16.8 Å². The van der Waals surface area contributed by atoms with Gasteiger partial charge in [-0.3, -0.25) is 0 Å². The number of sulfone groups is 1. The lowest BCUT2D eigenvalue weighted by Gasteiger charge is -2.07. The first kappa shape index (κ1) is 14.6. The number of hydrogen-bond donors (Lipinski definition) is 1. The average Bonchev–Trinajstić information content (AvgIpc) is 2.79. The lowest BCUT2D eigenvalue weighted by molar-refractivity contribution is 0.0685. The molecule has 1 N–H and O–H groups in total. The summed E-state index contributed by atoms with van der Waals surface area (Å²) in [6.07, 6.45) is 0. The van der Waals surface area contributed by atoms with Crippen LogP contribution in [0.5, 0.6) is 0 Å². The monoisotopic (exact) mass is 318 g/mol. The second-order valence-corrected chi connectivity index (χ2v) is 6.67. The van der Waals surface area contributed by atoms with Crippen LogP contribution in [0.15, 0.2) is 33.9 Å². The van der Waals surface area contributed by atoms with Crippen molar-refractivity contribution in [3.05, 3.63) is 51.7 Å². The highest BCUT2D eigenvalue weighted by atomic mass is 32.2. The molecule has 0 fully saturated rings. The Hall–Kier alpha value is -1.80. The van der Waals surface area contributed by atoms with Gasteiger partial charge in [-0.2, -0.15) is 11.3 Å². The van der Waals surface area contributed by atoms with Gasteiger partial charge in [0.2, 0.25) is 0 Å². The number of thiophene rings is 1. The maximum Gasteiger partial charge on any atom is 0.341 e. The topological polar surface area (TPSA) is 71.4 Å². The first-order valence-corrected chi connectivity index (χ1v) is 7.87. The fraction of sp³-hybridized carbons (Fsp3) is 0.0833. The van der Waals surface area contributed by atoms with Crippen molar-refractivity contribution in [2.75, 3.05) is 0 Å². The maximum absolute atomic E-state index is 13.9. The predicted octanol–water partition coefficient (Wildman–Crippen LogP) is 2.70. The van der Waals surface area contributed by atoms with Crippen molar-refractivity contribution in [1.29, 1.82) is 0 Å². The second kappa shape index (κ2) is 5.29. The van der Waals surface area contributed by atoms with Crippen molar-refractivity contribution in [2.24, 2.45) is 0 Å². The molecule has 0 spiro atoms. The Balaban J connectivity index is 2.53. The van der Waals surface area contributed by atoms with Gasteiger partial charge < -0.3 is 5.11 Å². The highest BCUT2D eigenvalue weighted by molar-refractivity contribution is 7.90. The molecule has 0 bridgehead atoms. The van der Waals surface area contributed by atoms with Crippen LogP contribution in [0.4, 0.5) is 8.78 Å². The van der Waals surface area contributed by atoms with Gasteiger partial charge in [0.05, 0.1) is 5.75 Å². The van der Waals surface area contributed by atoms with Crippen LogP contribution in [0.3, 0.4) is 0 Å². The molecule has 8 heteroatoms. The zero-order valence-electron chi connectivity index (χ0n) is 9.84.